The van der Waals surface area contributed by atoms with Crippen LogP contribution in [0.4, 0.5) is 0 Å². The van der Waals surface area contributed by atoms with Crippen molar-refractivity contribution in [3.8, 4) is 33.5 Å². The van der Waals surface area contributed by atoms with Crippen LogP contribution in [0.5, 0.6) is 0 Å². The van der Waals surface area contributed by atoms with E-state index in [0.717, 1.165) is 22.9 Å². The number of pyridine rings is 1. The van der Waals surface area contributed by atoms with Crippen molar-refractivity contribution in [2.75, 3.05) is 0 Å². The molecule has 0 amide bonds. The fourth-order valence-corrected chi connectivity index (χ4v) is 4.42. The Hall–Kier alpha value is -4.17. The van der Waals surface area contributed by atoms with Crippen LogP contribution < -0.4 is 0 Å². The summed E-state index contributed by atoms with van der Waals surface area (Å²) in [6.45, 7) is -7.73. The quantitative estimate of drug-likeness (QED) is 0.270. The molecule has 0 N–H and O–H groups in total. The highest BCUT2D eigenvalue weighted by molar-refractivity contribution is 6.13. The van der Waals surface area contributed by atoms with Crippen molar-refractivity contribution >= 4 is 21.9 Å². The molecule has 0 fully saturated rings. The number of benzene rings is 4. The third-order valence-electron chi connectivity index (χ3n) is 6.06. The number of rotatable bonds is 3. The van der Waals surface area contributed by atoms with Gasteiger partial charge in [-0.3, -0.25) is 4.98 Å². The van der Waals surface area contributed by atoms with Gasteiger partial charge < -0.3 is 4.42 Å². The molecule has 2 heteroatoms. The molecule has 2 aromatic heterocycles. The van der Waals surface area contributed by atoms with Gasteiger partial charge in [-0.05, 0) is 84.3 Å². The lowest BCUT2D eigenvalue weighted by molar-refractivity contribution is 0.671. The van der Waals surface area contributed by atoms with Gasteiger partial charge in [-0.25, -0.2) is 0 Å². The molecule has 0 aliphatic rings. The van der Waals surface area contributed by atoms with E-state index in [2.05, 4.69) is 4.98 Å². The molecule has 2 heterocycles. The molecular formula is C32H25NO. The van der Waals surface area contributed by atoms with Gasteiger partial charge in [-0.1, -0.05) is 60.7 Å². The number of hydrogen-bond donors (Lipinski definition) is 0. The van der Waals surface area contributed by atoms with E-state index in [9.17, 15) is 0 Å². The third-order valence-corrected chi connectivity index (χ3v) is 6.06. The minimum Gasteiger partial charge on any atom is -0.455 e. The van der Waals surface area contributed by atoms with Crippen LogP contribution in [-0.2, 0) is 0 Å². The molecule has 0 bridgehead atoms. The summed E-state index contributed by atoms with van der Waals surface area (Å²) >= 11 is 0. The summed E-state index contributed by atoms with van der Waals surface area (Å²) in [5.74, 6) is 0. The number of aromatic nitrogens is 1. The second-order valence-electron chi connectivity index (χ2n) is 8.25. The molecule has 0 atom stereocenters. The number of furan rings is 1. The monoisotopic (exact) mass is 448 g/mol. The van der Waals surface area contributed by atoms with Crippen molar-refractivity contribution in [1.82, 2.24) is 4.98 Å². The SMILES string of the molecule is [2H]C([2H])([2H])c1cc(-c2cccc(-c3ccccc3)c2)c2oc3c(-c4cc(C([2H])([2H])[2H])c(C([2H])([2H])[2H])cn4)cccc3c2c1. The zero-order valence-corrected chi connectivity index (χ0v) is 18.1. The lowest BCUT2D eigenvalue weighted by atomic mass is 9.96. The van der Waals surface area contributed by atoms with Crippen molar-refractivity contribution in [3.63, 3.8) is 0 Å². The van der Waals surface area contributed by atoms with Gasteiger partial charge in [0, 0.05) is 40.4 Å². The minimum absolute atomic E-state index is 0.151. The summed E-state index contributed by atoms with van der Waals surface area (Å²) in [5, 5.41) is 1.21. The first-order valence-corrected chi connectivity index (χ1v) is 10.9. The lowest BCUT2D eigenvalue weighted by Gasteiger charge is -2.08. The van der Waals surface area contributed by atoms with E-state index in [1.165, 1.54) is 6.07 Å². The smallest absolute Gasteiger partial charge is 0.144 e. The van der Waals surface area contributed by atoms with Crippen molar-refractivity contribution < 1.29 is 16.8 Å². The number of fused-ring (bicyclic) bond motifs is 3. The first-order valence-electron chi connectivity index (χ1n) is 15.4. The second kappa shape index (κ2) is 8.00. The Morgan fingerprint density at radius 2 is 1.41 bits per heavy atom. The summed E-state index contributed by atoms with van der Waals surface area (Å²) < 4.78 is 78.3. The molecule has 0 spiro atoms. The fraction of sp³-hybridized carbons (Fsp3) is 0.0938. The Morgan fingerprint density at radius 3 is 2.26 bits per heavy atom. The number of aryl methyl sites for hydroxylation is 3. The molecule has 0 saturated carbocycles. The van der Waals surface area contributed by atoms with Crippen LogP contribution in [0.2, 0.25) is 0 Å². The number of nitrogens with zero attached hydrogens (tertiary/aromatic N) is 1. The molecular weight excluding hydrogens is 414 g/mol. The maximum absolute atomic E-state index is 8.17. The van der Waals surface area contributed by atoms with Crippen molar-refractivity contribution in [2.24, 2.45) is 0 Å². The molecule has 0 saturated heterocycles. The molecule has 0 unspecified atom stereocenters. The van der Waals surface area contributed by atoms with Crippen LogP contribution in [-0.4, -0.2) is 4.98 Å². The largest absolute Gasteiger partial charge is 0.455 e. The highest BCUT2D eigenvalue weighted by atomic mass is 16.3. The second-order valence-corrected chi connectivity index (χ2v) is 8.25. The van der Waals surface area contributed by atoms with Gasteiger partial charge in [0.05, 0.1) is 5.69 Å². The Labute approximate surface area is 212 Å². The van der Waals surface area contributed by atoms with Crippen molar-refractivity contribution in [3.05, 3.63) is 114 Å². The molecule has 34 heavy (non-hydrogen) atoms. The average Bonchev–Trinajstić information content (AvgIpc) is 3.34. The maximum atomic E-state index is 8.17. The Kier molecular flexibility index (Phi) is 3.04. The summed E-state index contributed by atoms with van der Waals surface area (Å²) in [4.78, 5) is 4.33. The standard InChI is InChI=1S/C32H25NO/c1-20-15-28(25-12-7-11-24(18-25)23-9-5-4-6-10-23)32-29(16-20)26-13-8-14-27(31(26)34-32)30-17-21(2)22(3)19-33-30/h4-19H,1-3H3/i1D3,2D3,3D3. The molecule has 2 nitrogen and oxygen atoms in total. The van der Waals surface area contributed by atoms with E-state index in [4.69, 9.17) is 16.8 Å². The van der Waals surface area contributed by atoms with Crippen LogP contribution in [0, 0.1) is 20.6 Å². The lowest BCUT2D eigenvalue weighted by Crippen LogP contribution is -1.88. The van der Waals surface area contributed by atoms with Crippen LogP contribution in [0.25, 0.3) is 55.4 Å². The minimum atomic E-state index is -2.69. The van der Waals surface area contributed by atoms with Gasteiger partial charge in [-0.2, -0.15) is 0 Å². The first-order chi connectivity index (χ1) is 20.2. The molecule has 0 aliphatic carbocycles. The summed E-state index contributed by atoms with van der Waals surface area (Å²) in [5.41, 5.74) is 4.36. The maximum Gasteiger partial charge on any atom is 0.144 e. The van der Waals surface area contributed by atoms with Crippen LogP contribution in [0.1, 0.15) is 29.0 Å². The van der Waals surface area contributed by atoms with Crippen LogP contribution in [0.15, 0.2) is 102 Å². The van der Waals surface area contributed by atoms with Gasteiger partial charge in [0.2, 0.25) is 0 Å². The van der Waals surface area contributed by atoms with E-state index >= 15 is 0 Å². The average molecular weight is 449 g/mol. The van der Waals surface area contributed by atoms with Crippen molar-refractivity contribution in [1.29, 1.82) is 0 Å². The molecule has 6 aromatic rings. The highest BCUT2D eigenvalue weighted by Gasteiger charge is 2.17. The molecule has 0 radical (unpaired) electrons. The normalized spacial score (nSPS) is 16.4. The molecule has 164 valence electrons. The van der Waals surface area contributed by atoms with Crippen LogP contribution >= 0.6 is 0 Å². The van der Waals surface area contributed by atoms with E-state index in [1.807, 2.05) is 54.6 Å². The van der Waals surface area contributed by atoms with E-state index in [0.29, 0.717) is 33.1 Å². The van der Waals surface area contributed by atoms with E-state index in [-0.39, 0.29) is 22.4 Å². The summed E-state index contributed by atoms with van der Waals surface area (Å²) in [7, 11) is 0. The van der Waals surface area contributed by atoms with E-state index in [1.54, 1.807) is 30.3 Å². The predicted molar refractivity (Wildman–Crippen MR) is 142 cm³/mol. The zero-order valence-electron chi connectivity index (χ0n) is 27.1. The first kappa shape index (κ1) is 12.9. The Bertz CT molecular complexity index is 1990. The zero-order chi connectivity index (χ0) is 30.7. The molecule has 6 rings (SSSR count). The Morgan fingerprint density at radius 1 is 0.618 bits per heavy atom. The summed E-state index contributed by atoms with van der Waals surface area (Å²) in [6.07, 6.45) is 1.08. The van der Waals surface area contributed by atoms with Gasteiger partial charge in [-0.15, -0.1) is 0 Å². The van der Waals surface area contributed by atoms with Crippen LogP contribution in [0.3, 0.4) is 0 Å². The fourth-order valence-electron chi connectivity index (χ4n) is 4.42. The van der Waals surface area contributed by atoms with E-state index < -0.39 is 20.6 Å². The predicted octanol–water partition coefficient (Wildman–Crippen LogP) is 8.91. The Balaban J connectivity index is 1.62. The van der Waals surface area contributed by atoms with Crippen molar-refractivity contribution in [2.45, 2.75) is 20.6 Å². The van der Waals surface area contributed by atoms with Gasteiger partial charge >= 0.3 is 0 Å². The van der Waals surface area contributed by atoms with Gasteiger partial charge in [0.15, 0.2) is 0 Å². The highest BCUT2D eigenvalue weighted by Crippen LogP contribution is 2.41. The number of hydrogen-bond acceptors (Lipinski definition) is 2. The number of para-hydroxylation sites is 1. The summed E-state index contributed by atoms with van der Waals surface area (Å²) in [6, 6.07) is 27.4. The van der Waals surface area contributed by atoms with Gasteiger partial charge in [0.25, 0.3) is 0 Å². The molecule has 0 aliphatic heterocycles. The molecule has 4 aromatic carbocycles. The topological polar surface area (TPSA) is 26.0 Å². The van der Waals surface area contributed by atoms with Gasteiger partial charge in [0.1, 0.15) is 11.2 Å². The third kappa shape index (κ3) is 3.39.